The van der Waals surface area contributed by atoms with E-state index >= 15 is 0 Å². The summed E-state index contributed by atoms with van der Waals surface area (Å²) in [5, 5.41) is 0.0869. The molecule has 1 aromatic carbocycles. The Bertz CT molecular complexity index is 697. The standard InChI is InChI=1S/C20H34O5SSi/c1-20(2,3)27(4,5)25-19-12-17(15-26(21,22)23)11-18(19)14-24-13-16-9-7-6-8-10-16/h6-10,17-19H,11-15H2,1-5H3,(H,21,22,23)/t17-,18-,19-/m0/s1. The van der Waals surface area contributed by atoms with Crippen LogP contribution in [-0.2, 0) is 25.9 Å². The van der Waals surface area contributed by atoms with Crippen molar-refractivity contribution in [2.75, 3.05) is 12.4 Å². The van der Waals surface area contributed by atoms with Crippen molar-refractivity contribution in [3.05, 3.63) is 35.9 Å². The molecule has 0 aromatic heterocycles. The zero-order valence-corrected chi connectivity index (χ0v) is 19.0. The van der Waals surface area contributed by atoms with Gasteiger partial charge in [0.15, 0.2) is 8.32 Å². The van der Waals surface area contributed by atoms with Crippen LogP contribution in [0.15, 0.2) is 30.3 Å². The third-order valence-corrected chi connectivity index (χ3v) is 11.3. The highest BCUT2D eigenvalue weighted by atomic mass is 32.2. The normalized spacial score (nSPS) is 24.3. The zero-order chi connectivity index (χ0) is 20.3. The molecule has 0 aliphatic heterocycles. The van der Waals surface area contributed by atoms with Gasteiger partial charge in [0.25, 0.3) is 10.1 Å². The Morgan fingerprint density at radius 3 is 2.33 bits per heavy atom. The highest BCUT2D eigenvalue weighted by molar-refractivity contribution is 7.85. The van der Waals surface area contributed by atoms with E-state index in [2.05, 4.69) is 33.9 Å². The van der Waals surface area contributed by atoms with Crippen LogP contribution in [0.2, 0.25) is 18.1 Å². The Hall–Kier alpha value is -0.733. The maximum absolute atomic E-state index is 11.3. The molecule has 0 saturated heterocycles. The van der Waals surface area contributed by atoms with E-state index in [9.17, 15) is 13.0 Å². The minimum atomic E-state index is -3.98. The van der Waals surface area contributed by atoms with Crippen molar-refractivity contribution in [3.63, 3.8) is 0 Å². The van der Waals surface area contributed by atoms with E-state index in [0.29, 0.717) is 26.1 Å². The van der Waals surface area contributed by atoms with E-state index in [1.165, 1.54) is 0 Å². The summed E-state index contributed by atoms with van der Waals surface area (Å²) >= 11 is 0. The molecule has 0 heterocycles. The second-order valence-corrected chi connectivity index (χ2v) is 15.5. The summed E-state index contributed by atoms with van der Waals surface area (Å²) in [7, 11) is -5.95. The van der Waals surface area contributed by atoms with Crippen molar-refractivity contribution in [2.24, 2.45) is 11.8 Å². The fraction of sp³-hybridized carbons (Fsp3) is 0.700. The molecule has 1 N–H and O–H groups in total. The van der Waals surface area contributed by atoms with Gasteiger partial charge >= 0.3 is 0 Å². The van der Waals surface area contributed by atoms with Gasteiger partial charge in [-0.2, -0.15) is 8.42 Å². The van der Waals surface area contributed by atoms with Crippen LogP contribution in [-0.4, -0.2) is 39.8 Å². The average molecular weight is 415 g/mol. The topological polar surface area (TPSA) is 72.8 Å². The van der Waals surface area contributed by atoms with Crippen molar-refractivity contribution in [1.29, 1.82) is 0 Å². The first kappa shape index (κ1) is 22.6. The lowest BCUT2D eigenvalue weighted by atomic mass is 10.1. The van der Waals surface area contributed by atoms with Crippen LogP contribution in [0.5, 0.6) is 0 Å². The predicted molar refractivity (Wildman–Crippen MR) is 111 cm³/mol. The van der Waals surface area contributed by atoms with E-state index in [1.54, 1.807) is 0 Å². The van der Waals surface area contributed by atoms with Gasteiger partial charge in [-0.3, -0.25) is 4.55 Å². The molecule has 2 rings (SSSR count). The molecule has 0 unspecified atom stereocenters. The summed E-state index contributed by atoms with van der Waals surface area (Å²) in [6.07, 6.45) is 1.34. The Kier molecular flexibility index (Phi) is 7.30. The molecule has 0 radical (unpaired) electrons. The number of hydrogen-bond acceptors (Lipinski definition) is 4. The first-order valence-electron chi connectivity index (χ1n) is 9.62. The summed E-state index contributed by atoms with van der Waals surface area (Å²) < 4.78 is 44.5. The minimum Gasteiger partial charge on any atom is -0.414 e. The molecular formula is C20H34O5SSi. The molecule has 1 aliphatic carbocycles. The predicted octanol–water partition coefficient (Wildman–Crippen LogP) is 4.51. The quantitative estimate of drug-likeness (QED) is 0.500. The van der Waals surface area contributed by atoms with Crippen LogP contribution >= 0.6 is 0 Å². The van der Waals surface area contributed by atoms with Crippen molar-refractivity contribution < 1.29 is 22.1 Å². The lowest BCUT2D eigenvalue weighted by Gasteiger charge is -2.40. The highest BCUT2D eigenvalue weighted by Crippen LogP contribution is 2.42. The average Bonchev–Trinajstić information content (AvgIpc) is 2.86. The van der Waals surface area contributed by atoms with Gasteiger partial charge in [0.2, 0.25) is 0 Å². The molecule has 3 atom stereocenters. The van der Waals surface area contributed by atoms with Crippen LogP contribution < -0.4 is 0 Å². The van der Waals surface area contributed by atoms with Gasteiger partial charge in [0.1, 0.15) is 0 Å². The highest BCUT2D eigenvalue weighted by Gasteiger charge is 2.44. The molecule has 7 heteroatoms. The molecule has 1 aliphatic rings. The Morgan fingerprint density at radius 1 is 1.15 bits per heavy atom. The second-order valence-electron chi connectivity index (χ2n) is 9.26. The number of benzene rings is 1. The maximum Gasteiger partial charge on any atom is 0.265 e. The van der Waals surface area contributed by atoms with Gasteiger partial charge in [-0.25, -0.2) is 0 Å². The summed E-state index contributed by atoms with van der Waals surface area (Å²) in [6.45, 7) is 12.1. The number of rotatable bonds is 8. The number of ether oxygens (including phenoxy) is 1. The smallest absolute Gasteiger partial charge is 0.265 e. The zero-order valence-electron chi connectivity index (χ0n) is 17.1. The third kappa shape index (κ3) is 6.98. The van der Waals surface area contributed by atoms with E-state index in [-0.39, 0.29) is 28.7 Å². The molecule has 1 fully saturated rings. The summed E-state index contributed by atoms with van der Waals surface area (Å²) in [6, 6.07) is 10.0. The van der Waals surface area contributed by atoms with Gasteiger partial charge in [-0.15, -0.1) is 0 Å². The Balaban J connectivity index is 2.02. The molecule has 0 spiro atoms. The van der Waals surface area contributed by atoms with Crippen molar-refractivity contribution >= 4 is 18.4 Å². The largest absolute Gasteiger partial charge is 0.414 e. The van der Waals surface area contributed by atoms with E-state index in [0.717, 1.165) is 5.56 Å². The Labute approximate surface area is 165 Å². The fourth-order valence-electron chi connectivity index (χ4n) is 3.41. The second kappa shape index (κ2) is 8.74. The minimum absolute atomic E-state index is 0.0200. The molecule has 1 saturated carbocycles. The monoisotopic (exact) mass is 414 g/mol. The van der Waals surface area contributed by atoms with Gasteiger partial charge in [-0.1, -0.05) is 51.1 Å². The van der Waals surface area contributed by atoms with Gasteiger partial charge in [-0.05, 0) is 42.5 Å². The molecule has 1 aromatic rings. The molecule has 5 nitrogen and oxygen atoms in total. The van der Waals surface area contributed by atoms with E-state index in [4.69, 9.17) is 9.16 Å². The van der Waals surface area contributed by atoms with Crippen molar-refractivity contribution in [3.8, 4) is 0 Å². The maximum atomic E-state index is 11.3. The van der Waals surface area contributed by atoms with Crippen molar-refractivity contribution in [2.45, 2.75) is 64.5 Å². The first-order valence-corrected chi connectivity index (χ1v) is 14.1. The van der Waals surface area contributed by atoms with E-state index in [1.807, 2.05) is 30.3 Å². The van der Waals surface area contributed by atoms with Gasteiger partial charge < -0.3 is 9.16 Å². The molecule has 0 bridgehead atoms. The van der Waals surface area contributed by atoms with Gasteiger partial charge in [0.05, 0.1) is 25.1 Å². The Morgan fingerprint density at radius 2 is 1.78 bits per heavy atom. The fourth-order valence-corrected chi connectivity index (χ4v) is 5.68. The summed E-state index contributed by atoms with van der Waals surface area (Å²) in [4.78, 5) is 0. The van der Waals surface area contributed by atoms with Crippen LogP contribution in [0.3, 0.4) is 0 Å². The summed E-state index contributed by atoms with van der Waals surface area (Å²) in [5.41, 5.74) is 1.12. The summed E-state index contributed by atoms with van der Waals surface area (Å²) in [5.74, 6) is -0.130. The van der Waals surface area contributed by atoms with Crippen molar-refractivity contribution in [1.82, 2.24) is 0 Å². The SMILES string of the molecule is CC(C)(C)[Si](C)(C)O[C@H]1C[C@@H](CS(=O)(=O)O)C[C@H]1COCc1ccccc1. The molecule has 154 valence electrons. The lowest BCUT2D eigenvalue weighted by Crippen LogP contribution is -2.45. The van der Waals surface area contributed by atoms with Crippen LogP contribution in [0, 0.1) is 11.8 Å². The molecule has 0 amide bonds. The number of hydrogen-bond donors (Lipinski definition) is 1. The third-order valence-electron chi connectivity index (χ3n) is 5.87. The van der Waals surface area contributed by atoms with Crippen LogP contribution in [0.25, 0.3) is 0 Å². The van der Waals surface area contributed by atoms with Crippen LogP contribution in [0.4, 0.5) is 0 Å². The molecular weight excluding hydrogens is 380 g/mol. The lowest BCUT2D eigenvalue weighted by molar-refractivity contribution is 0.0412. The van der Waals surface area contributed by atoms with E-state index < -0.39 is 18.4 Å². The van der Waals surface area contributed by atoms with Gasteiger partial charge in [0, 0.05) is 5.92 Å². The van der Waals surface area contributed by atoms with Crippen LogP contribution in [0.1, 0.15) is 39.2 Å². The molecule has 27 heavy (non-hydrogen) atoms. The first-order chi connectivity index (χ1) is 12.4.